The standard InChI is InChI=1S/C22H27F3N6.HI/c1-3-26-21(27-11-5-8-17-7-4-9-18(13-17)22(23,24)25)29-19-10-6-12-31(15-19)20-14-28-30(2)16-20;/h4,7,9,13-14,16,19H,3,6,10-12,15H2,1-2H3,(H2,26,27,29);1H. The molecule has 1 aromatic heterocycles. The van der Waals surface area contributed by atoms with Gasteiger partial charge >= 0.3 is 6.18 Å². The maximum atomic E-state index is 12.8. The molecule has 1 aliphatic rings. The Kier molecular flexibility index (Phi) is 9.68. The maximum absolute atomic E-state index is 12.8. The molecule has 10 heteroatoms. The van der Waals surface area contributed by atoms with Crippen molar-refractivity contribution < 1.29 is 13.2 Å². The molecule has 0 bridgehead atoms. The summed E-state index contributed by atoms with van der Waals surface area (Å²) < 4.78 is 40.2. The Morgan fingerprint density at radius 1 is 1.34 bits per heavy atom. The van der Waals surface area contributed by atoms with E-state index in [1.54, 1.807) is 10.7 Å². The summed E-state index contributed by atoms with van der Waals surface area (Å²) in [6.07, 6.45) is 1.58. The molecule has 1 aromatic carbocycles. The molecular formula is C22H28F3IN6. The SMILES string of the molecule is CCNC(=NCC#Cc1cccc(C(F)(F)F)c1)NC1CCCN(c2cnn(C)c2)C1.I. The number of nitrogens with zero attached hydrogens (tertiary/aromatic N) is 4. The number of halogens is 4. The molecule has 1 saturated heterocycles. The minimum Gasteiger partial charge on any atom is -0.367 e. The molecule has 3 rings (SSSR count). The van der Waals surface area contributed by atoms with Gasteiger partial charge in [-0.25, -0.2) is 4.99 Å². The van der Waals surface area contributed by atoms with Crippen LogP contribution in [0.5, 0.6) is 0 Å². The highest BCUT2D eigenvalue weighted by molar-refractivity contribution is 14.0. The summed E-state index contributed by atoms with van der Waals surface area (Å²) in [4.78, 5) is 6.76. The number of benzene rings is 1. The van der Waals surface area contributed by atoms with Gasteiger partial charge in [0.15, 0.2) is 5.96 Å². The summed E-state index contributed by atoms with van der Waals surface area (Å²) in [5, 5.41) is 10.9. The summed E-state index contributed by atoms with van der Waals surface area (Å²) in [6, 6.07) is 5.23. The van der Waals surface area contributed by atoms with E-state index in [0.717, 1.165) is 43.8 Å². The lowest BCUT2D eigenvalue weighted by molar-refractivity contribution is -0.137. The molecule has 32 heavy (non-hydrogen) atoms. The van der Waals surface area contributed by atoms with Gasteiger partial charge in [-0.15, -0.1) is 24.0 Å². The molecule has 0 saturated carbocycles. The van der Waals surface area contributed by atoms with E-state index in [2.05, 4.69) is 37.5 Å². The first-order chi connectivity index (χ1) is 14.8. The maximum Gasteiger partial charge on any atom is 0.416 e. The normalized spacial score (nSPS) is 16.6. The predicted octanol–water partition coefficient (Wildman–Crippen LogP) is 3.63. The van der Waals surface area contributed by atoms with Crippen LogP contribution >= 0.6 is 24.0 Å². The van der Waals surface area contributed by atoms with Crippen LogP contribution in [0, 0.1) is 11.8 Å². The minimum absolute atomic E-state index is 0. The monoisotopic (exact) mass is 560 g/mol. The Morgan fingerprint density at radius 3 is 2.84 bits per heavy atom. The number of hydrogen-bond acceptors (Lipinski definition) is 3. The van der Waals surface area contributed by atoms with Crippen molar-refractivity contribution in [1.29, 1.82) is 0 Å². The van der Waals surface area contributed by atoms with Crippen LogP contribution in [0.4, 0.5) is 18.9 Å². The van der Waals surface area contributed by atoms with Crippen molar-refractivity contribution in [2.24, 2.45) is 12.0 Å². The van der Waals surface area contributed by atoms with E-state index in [1.807, 2.05) is 26.4 Å². The first kappa shape index (κ1) is 25.8. The molecule has 1 atom stereocenters. The Morgan fingerprint density at radius 2 is 2.16 bits per heavy atom. The van der Waals surface area contributed by atoms with Crippen LogP contribution in [-0.2, 0) is 13.2 Å². The number of guanidine groups is 1. The molecule has 2 aromatic rings. The van der Waals surface area contributed by atoms with E-state index in [4.69, 9.17) is 0 Å². The number of aromatic nitrogens is 2. The molecular weight excluding hydrogens is 532 g/mol. The number of anilines is 1. The molecule has 174 valence electrons. The van der Waals surface area contributed by atoms with Crippen molar-refractivity contribution in [3.8, 4) is 11.8 Å². The largest absolute Gasteiger partial charge is 0.416 e. The number of hydrogen-bond donors (Lipinski definition) is 2. The topological polar surface area (TPSA) is 57.5 Å². The first-order valence-corrected chi connectivity index (χ1v) is 10.3. The average Bonchev–Trinajstić information content (AvgIpc) is 3.17. The van der Waals surface area contributed by atoms with Crippen molar-refractivity contribution in [3.63, 3.8) is 0 Å². The van der Waals surface area contributed by atoms with E-state index in [0.29, 0.717) is 18.1 Å². The van der Waals surface area contributed by atoms with Crippen LogP contribution < -0.4 is 15.5 Å². The number of aliphatic imine (C=N–C) groups is 1. The van der Waals surface area contributed by atoms with E-state index in [9.17, 15) is 13.2 Å². The van der Waals surface area contributed by atoms with Crippen molar-refractivity contribution in [2.45, 2.75) is 32.0 Å². The highest BCUT2D eigenvalue weighted by Gasteiger charge is 2.30. The highest BCUT2D eigenvalue weighted by Crippen LogP contribution is 2.29. The fraction of sp³-hybridized carbons (Fsp3) is 0.455. The lowest BCUT2D eigenvalue weighted by Gasteiger charge is -2.34. The van der Waals surface area contributed by atoms with Gasteiger partial charge < -0.3 is 15.5 Å². The van der Waals surface area contributed by atoms with Gasteiger partial charge in [-0.3, -0.25) is 4.68 Å². The Labute approximate surface area is 203 Å². The number of rotatable bonds is 4. The van der Waals surface area contributed by atoms with Crippen LogP contribution in [0.2, 0.25) is 0 Å². The third-order valence-corrected chi connectivity index (χ3v) is 4.90. The second-order valence-corrected chi connectivity index (χ2v) is 7.38. The molecule has 0 amide bonds. The van der Waals surface area contributed by atoms with Crippen LogP contribution in [0.3, 0.4) is 0 Å². The van der Waals surface area contributed by atoms with Gasteiger partial charge in [0.2, 0.25) is 0 Å². The number of nitrogens with one attached hydrogen (secondary N) is 2. The van der Waals surface area contributed by atoms with E-state index in [1.165, 1.54) is 6.07 Å². The molecule has 1 aliphatic heterocycles. The van der Waals surface area contributed by atoms with E-state index < -0.39 is 11.7 Å². The molecule has 1 fully saturated rings. The fourth-order valence-electron chi connectivity index (χ4n) is 3.45. The highest BCUT2D eigenvalue weighted by atomic mass is 127. The van der Waals surface area contributed by atoms with Crippen molar-refractivity contribution in [1.82, 2.24) is 20.4 Å². The van der Waals surface area contributed by atoms with E-state index >= 15 is 0 Å². The Balaban J connectivity index is 0.00000363. The fourth-order valence-corrected chi connectivity index (χ4v) is 3.45. The Hall–Kier alpha value is -2.42. The van der Waals surface area contributed by atoms with Gasteiger partial charge in [-0.05, 0) is 38.0 Å². The molecule has 2 heterocycles. The van der Waals surface area contributed by atoms with Gasteiger partial charge in [0, 0.05) is 44.5 Å². The van der Waals surface area contributed by atoms with Crippen LogP contribution in [0.25, 0.3) is 0 Å². The molecule has 2 N–H and O–H groups in total. The van der Waals surface area contributed by atoms with Crippen molar-refractivity contribution in [2.75, 3.05) is 31.1 Å². The van der Waals surface area contributed by atoms with Gasteiger partial charge in [0.1, 0.15) is 6.54 Å². The molecule has 0 spiro atoms. The van der Waals surface area contributed by atoms with Crippen LogP contribution in [0.1, 0.15) is 30.9 Å². The molecule has 0 aliphatic carbocycles. The summed E-state index contributed by atoms with van der Waals surface area (Å²) in [5.74, 6) is 6.25. The van der Waals surface area contributed by atoms with Crippen LogP contribution in [0.15, 0.2) is 41.7 Å². The van der Waals surface area contributed by atoms with Gasteiger partial charge in [0.05, 0.1) is 17.4 Å². The lowest BCUT2D eigenvalue weighted by atomic mass is 10.1. The number of alkyl halides is 3. The van der Waals surface area contributed by atoms with E-state index in [-0.39, 0.29) is 36.6 Å². The van der Waals surface area contributed by atoms with Crippen molar-refractivity contribution in [3.05, 3.63) is 47.8 Å². The molecule has 0 radical (unpaired) electrons. The predicted molar refractivity (Wildman–Crippen MR) is 131 cm³/mol. The zero-order chi connectivity index (χ0) is 22.3. The summed E-state index contributed by atoms with van der Waals surface area (Å²) >= 11 is 0. The first-order valence-electron chi connectivity index (χ1n) is 10.3. The zero-order valence-electron chi connectivity index (χ0n) is 18.1. The summed E-state index contributed by atoms with van der Waals surface area (Å²) in [5.41, 5.74) is 0.721. The second-order valence-electron chi connectivity index (χ2n) is 7.38. The molecule has 1 unspecified atom stereocenters. The Bertz CT molecular complexity index is 960. The number of aryl methyl sites for hydroxylation is 1. The quantitative estimate of drug-likeness (QED) is 0.260. The summed E-state index contributed by atoms with van der Waals surface area (Å²) in [7, 11) is 1.90. The van der Waals surface area contributed by atoms with Gasteiger partial charge in [-0.1, -0.05) is 17.9 Å². The molecule has 6 nitrogen and oxygen atoms in total. The zero-order valence-corrected chi connectivity index (χ0v) is 20.4. The van der Waals surface area contributed by atoms with Gasteiger partial charge in [0.25, 0.3) is 0 Å². The van der Waals surface area contributed by atoms with Crippen LogP contribution in [-0.4, -0.2) is 48.0 Å². The number of piperidine rings is 1. The van der Waals surface area contributed by atoms with Crippen molar-refractivity contribution >= 4 is 35.6 Å². The van der Waals surface area contributed by atoms with Gasteiger partial charge in [-0.2, -0.15) is 18.3 Å². The lowest BCUT2D eigenvalue weighted by Crippen LogP contribution is -2.51. The summed E-state index contributed by atoms with van der Waals surface area (Å²) in [6.45, 7) is 4.69. The minimum atomic E-state index is -4.37. The average molecular weight is 560 g/mol. The third-order valence-electron chi connectivity index (χ3n) is 4.90. The second kappa shape index (κ2) is 12.0. The smallest absolute Gasteiger partial charge is 0.367 e. The third kappa shape index (κ3) is 7.62.